The number of carboxylic acid groups (broad SMARTS) is 1. The molecule has 1 aliphatic rings. The Labute approximate surface area is 141 Å². The molecule has 1 aromatic rings. The van der Waals surface area contributed by atoms with Crippen molar-refractivity contribution in [1.82, 2.24) is 4.72 Å². The van der Waals surface area contributed by atoms with Gasteiger partial charge >= 0.3 is 12.1 Å². The standard InChI is InChI=1S/C14H15ClF3NO4S/c15-11-7-9(14(16,17)18)3-6-12(11)24(22,23)19-10-4-1-8(2-5-10)13(20)21/h3,6-8,10,19H,1-2,4-5H2,(H,20,21). The topological polar surface area (TPSA) is 83.5 Å². The summed E-state index contributed by atoms with van der Waals surface area (Å²) in [6, 6.07) is 1.57. The van der Waals surface area contributed by atoms with Crippen LogP contribution in [0.15, 0.2) is 23.1 Å². The molecule has 0 amide bonds. The molecule has 1 fully saturated rings. The van der Waals surface area contributed by atoms with Crippen LogP contribution in [-0.2, 0) is 21.0 Å². The van der Waals surface area contributed by atoms with Gasteiger partial charge in [-0.2, -0.15) is 13.2 Å². The van der Waals surface area contributed by atoms with Crippen molar-refractivity contribution < 1.29 is 31.5 Å². The van der Waals surface area contributed by atoms with Crippen LogP contribution in [0.4, 0.5) is 13.2 Å². The fraction of sp³-hybridized carbons (Fsp3) is 0.500. The van der Waals surface area contributed by atoms with Gasteiger partial charge in [0.05, 0.1) is 16.5 Å². The minimum absolute atomic E-state index is 0.337. The Hall–Kier alpha value is -1.32. The molecule has 2 N–H and O–H groups in total. The molecule has 1 aromatic carbocycles. The van der Waals surface area contributed by atoms with Crippen molar-refractivity contribution in [1.29, 1.82) is 0 Å². The lowest BCUT2D eigenvalue weighted by atomic mass is 9.87. The molecule has 0 bridgehead atoms. The first-order valence-electron chi connectivity index (χ1n) is 7.12. The van der Waals surface area contributed by atoms with Gasteiger partial charge in [0.1, 0.15) is 4.90 Å². The summed E-state index contributed by atoms with van der Waals surface area (Å²) in [4.78, 5) is 10.4. The lowest BCUT2D eigenvalue weighted by Gasteiger charge is -2.26. The second-order valence-electron chi connectivity index (χ2n) is 5.65. The van der Waals surface area contributed by atoms with Crippen molar-refractivity contribution in [2.45, 2.75) is 42.8 Å². The highest BCUT2D eigenvalue weighted by Gasteiger charge is 2.33. The van der Waals surface area contributed by atoms with Crippen LogP contribution in [0.1, 0.15) is 31.2 Å². The third-order valence-electron chi connectivity index (χ3n) is 3.95. The van der Waals surface area contributed by atoms with E-state index in [1.807, 2.05) is 0 Å². The van der Waals surface area contributed by atoms with Crippen LogP contribution in [0.2, 0.25) is 5.02 Å². The van der Waals surface area contributed by atoms with E-state index < -0.39 is 49.6 Å². The Morgan fingerprint density at radius 3 is 2.25 bits per heavy atom. The lowest BCUT2D eigenvalue weighted by Crippen LogP contribution is -2.38. The molecule has 1 aliphatic carbocycles. The van der Waals surface area contributed by atoms with Crippen molar-refractivity contribution in [2.24, 2.45) is 5.92 Å². The normalized spacial score (nSPS) is 22.3. The molecule has 134 valence electrons. The Kier molecular flexibility index (Phi) is 5.46. The molecule has 0 saturated heterocycles. The van der Waals surface area contributed by atoms with Crippen molar-refractivity contribution >= 4 is 27.6 Å². The highest BCUT2D eigenvalue weighted by Crippen LogP contribution is 2.34. The zero-order valence-electron chi connectivity index (χ0n) is 12.3. The molecule has 0 heterocycles. The Morgan fingerprint density at radius 2 is 1.79 bits per heavy atom. The maximum absolute atomic E-state index is 12.6. The molecule has 2 rings (SSSR count). The molecule has 0 atom stereocenters. The number of sulfonamides is 1. The van der Waals surface area contributed by atoms with Crippen LogP contribution in [0, 0.1) is 5.92 Å². The van der Waals surface area contributed by atoms with E-state index in [4.69, 9.17) is 16.7 Å². The molecule has 5 nitrogen and oxygen atoms in total. The first-order chi connectivity index (χ1) is 11.0. The van der Waals surface area contributed by atoms with Crippen LogP contribution < -0.4 is 4.72 Å². The van der Waals surface area contributed by atoms with Gasteiger partial charge in [-0.15, -0.1) is 0 Å². The largest absolute Gasteiger partial charge is 0.481 e. The Bertz CT molecular complexity index is 728. The number of hydrogen-bond acceptors (Lipinski definition) is 3. The summed E-state index contributed by atoms with van der Waals surface area (Å²) in [5.74, 6) is -1.41. The molecule has 24 heavy (non-hydrogen) atoms. The fourth-order valence-electron chi connectivity index (χ4n) is 2.64. The first-order valence-corrected chi connectivity index (χ1v) is 8.98. The van der Waals surface area contributed by atoms with Crippen molar-refractivity contribution in [3.8, 4) is 0 Å². The summed E-state index contributed by atoms with van der Waals surface area (Å²) < 4.78 is 64.8. The van der Waals surface area contributed by atoms with E-state index in [2.05, 4.69) is 4.72 Å². The smallest absolute Gasteiger partial charge is 0.416 e. The van der Waals surface area contributed by atoms with Gasteiger partial charge in [0.25, 0.3) is 0 Å². The van der Waals surface area contributed by atoms with Gasteiger partial charge in [-0.3, -0.25) is 4.79 Å². The third kappa shape index (κ3) is 4.40. The van der Waals surface area contributed by atoms with Gasteiger partial charge in [-0.05, 0) is 43.9 Å². The van der Waals surface area contributed by atoms with Gasteiger partial charge < -0.3 is 5.11 Å². The number of carbonyl (C=O) groups is 1. The van der Waals surface area contributed by atoms with Crippen LogP contribution >= 0.6 is 11.6 Å². The first kappa shape index (κ1) is 19.0. The average molecular weight is 386 g/mol. The van der Waals surface area contributed by atoms with Gasteiger partial charge in [-0.1, -0.05) is 11.6 Å². The number of halogens is 4. The molecular formula is C14H15ClF3NO4S. The van der Waals surface area contributed by atoms with Gasteiger partial charge in [0, 0.05) is 6.04 Å². The predicted octanol–water partition coefficient (Wildman–Crippen LogP) is 3.28. The summed E-state index contributed by atoms with van der Waals surface area (Å²) in [5, 5.41) is 8.40. The molecule has 1 saturated carbocycles. The zero-order chi connectivity index (χ0) is 18.1. The highest BCUT2D eigenvalue weighted by molar-refractivity contribution is 7.89. The van der Waals surface area contributed by atoms with E-state index >= 15 is 0 Å². The van der Waals surface area contributed by atoms with E-state index in [0.717, 1.165) is 6.07 Å². The maximum Gasteiger partial charge on any atom is 0.416 e. The summed E-state index contributed by atoms with van der Waals surface area (Å²) >= 11 is 5.71. The SMILES string of the molecule is O=C(O)C1CCC(NS(=O)(=O)c2ccc(C(F)(F)F)cc2Cl)CC1. The number of rotatable bonds is 4. The van der Waals surface area contributed by atoms with E-state index in [0.29, 0.717) is 37.8 Å². The highest BCUT2D eigenvalue weighted by atomic mass is 35.5. The third-order valence-corrected chi connectivity index (χ3v) is 5.95. The molecule has 0 aliphatic heterocycles. The number of carboxylic acids is 1. The van der Waals surface area contributed by atoms with E-state index in [9.17, 15) is 26.4 Å². The number of benzene rings is 1. The molecule has 10 heteroatoms. The van der Waals surface area contributed by atoms with Crippen molar-refractivity contribution in [3.05, 3.63) is 28.8 Å². The predicted molar refractivity (Wildman–Crippen MR) is 80.2 cm³/mol. The summed E-state index contributed by atoms with van der Waals surface area (Å²) in [7, 11) is -4.09. The quantitative estimate of drug-likeness (QED) is 0.833. The van der Waals surface area contributed by atoms with E-state index in [-0.39, 0.29) is 0 Å². The van der Waals surface area contributed by atoms with Crippen LogP contribution in [0.25, 0.3) is 0 Å². The van der Waals surface area contributed by atoms with Gasteiger partial charge in [0.15, 0.2) is 0 Å². The van der Waals surface area contributed by atoms with E-state index in [1.54, 1.807) is 0 Å². The molecule has 0 unspecified atom stereocenters. The second-order valence-corrected chi connectivity index (χ2v) is 7.74. The molecule has 0 radical (unpaired) electrons. The van der Waals surface area contributed by atoms with Gasteiger partial charge in [-0.25, -0.2) is 13.1 Å². The molecule has 0 spiro atoms. The number of alkyl halides is 3. The summed E-state index contributed by atoms with van der Waals surface area (Å²) in [6.07, 6.45) is -3.26. The summed E-state index contributed by atoms with van der Waals surface area (Å²) in [6.45, 7) is 0. The number of aliphatic carboxylic acids is 1. The van der Waals surface area contributed by atoms with Gasteiger partial charge in [0.2, 0.25) is 10.0 Å². The monoisotopic (exact) mass is 385 g/mol. The van der Waals surface area contributed by atoms with Crippen LogP contribution in [-0.4, -0.2) is 25.5 Å². The van der Waals surface area contributed by atoms with E-state index in [1.165, 1.54) is 0 Å². The van der Waals surface area contributed by atoms with Crippen LogP contribution in [0.5, 0.6) is 0 Å². The lowest BCUT2D eigenvalue weighted by molar-refractivity contribution is -0.143. The van der Waals surface area contributed by atoms with Crippen molar-refractivity contribution in [3.63, 3.8) is 0 Å². The second kappa shape index (κ2) is 6.89. The molecular weight excluding hydrogens is 371 g/mol. The number of hydrogen-bond donors (Lipinski definition) is 2. The average Bonchev–Trinajstić information content (AvgIpc) is 2.46. The Morgan fingerprint density at radius 1 is 1.21 bits per heavy atom. The van der Waals surface area contributed by atoms with Crippen LogP contribution in [0.3, 0.4) is 0 Å². The maximum atomic E-state index is 12.6. The number of nitrogens with one attached hydrogen (secondary N) is 1. The fourth-order valence-corrected chi connectivity index (χ4v) is 4.49. The minimum Gasteiger partial charge on any atom is -0.481 e. The molecule has 0 aromatic heterocycles. The Balaban J connectivity index is 2.13. The minimum atomic E-state index is -4.62. The zero-order valence-corrected chi connectivity index (χ0v) is 13.9. The van der Waals surface area contributed by atoms with Crippen molar-refractivity contribution in [2.75, 3.05) is 0 Å². The summed E-state index contributed by atoms with van der Waals surface area (Å²) in [5.41, 5.74) is -1.03.